The number of likely N-dealkylation sites (tertiary alicyclic amines) is 1. The molecule has 0 aromatic heterocycles. The van der Waals surface area contributed by atoms with Gasteiger partial charge in [0.05, 0.1) is 16.6 Å². The molecular weight excluding hydrogens is 337 g/mol. The van der Waals surface area contributed by atoms with Crippen molar-refractivity contribution in [1.29, 1.82) is 0 Å². The van der Waals surface area contributed by atoms with Crippen LogP contribution in [0.2, 0.25) is 10.0 Å². The minimum absolute atomic E-state index is 0. The number of nitrogens with zero attached hydrogens (tertiary/aromatic N) is 1. The topological polar surface area (TPSA) is 75.4 Å². The molecule has 0 radical (unpaired) electrons. The van der Waals surface area contributed by atoms with Crippen molar-refractivity contribution in [2.75, 3.05) is 19.6 Å². The molecule has 2 rings (SSSR count). The van der Waals surface area contributed by atoms with Crippen LogP contribution in [0.3, 0.4) is 0 Å². The van der Waals surface area contributed by atoms with Gasteiger partial charge >= 0.3 is 0 Å². The van der Waals surface area contributed by atoms with Gasteiger partial charge in [-0.1, -0.05) is 23.2 Å². The van der Waals surface area contributed by atoms with Crippen molar-refractivity contribution >= 4 is 47.4 Å². The van der Waals surface area contributed by atoms with E-state index in [1.807, 2.05) is 0 Å². The number of nitrogens with two attached hydrogens (primary N) is 1. The van der Waals surface area contributed by atoms with Crippen LogP contribution in [0.4, 0.5) is 0 Å². The molecule has 1 aromatic carbocycles. The lowest BCUT2D eigenvalue weighted by Gasteiger charge is -2.16. The molecule has 1 saturated heterocycles. The fraction of sp³-hybridized carbons (Fsp3) is 0.385. The molecule has 5 nitrogen and oxygen atoms in total. The van der Waals surface area contributed by atoms with E-state index in [-0.39, 0.29) is 36.8 Å². The van der Waals surface area contributed by atoms with Gasteiger partial charge in [-0.3, -0.25) is 9.59 Å². The molecular formula is C13H16Cl3N3O2. The molecule has 0 saturated carbocycles. The van der Waals surface area contributed by atoms with Gasteiger partial charge in [0, 0.05) is 24.7 Å². The fourth-order valence-electron chi connectivity index (χ4n) is 2.02. The van der Waals surface area contributed by atoms with Crippen LogP contribution in [0.15, 0.2) is 18.2 Å². The highest BCUT2D eigenvalue weighted by molar-refractivity contribution is 6.42. The predicted octanol–water partition coefficient (Wildman–Crippen LogP) is 1.70. The Morgan fingerprint density at radius 3 is 2.62 bits per heavy atom. The number of carbonyl (C=O) groups excluding carboxylic acids is 2. The molecule has 1 fully saturated rings. The molecule has 2 amide bonds. The second-order valence-electron chi connectivity index (χ2n) is 4.70. The van der Waals surface area contributed by atoms with Crippen LogP contribution >= 0.6 is 35.6 Å². The lowest BCUT2D eigenvalue weighted by Crippen LogP contribution is -2.40. The van der Waals surface area contributed by atoms with Gasteiger partial charge in [0.15, 0.2) is 0 Å². The molecule has 0 aliphatic carbocycles. The number of halogens is 3. The summed E-state index contributed by atoms with van der Waals surface area (Å²) in [6.45, 7) is 1.13. The molecule has 1 heterocycles. The number of hydrogen-bond donors (Lipinski definition) is 2. The van der Waals surface area contributed by atoms with Gasteiger partial charge in [-0.05, 0) is 24.6 Å². The van der Waals surface area contributed by atoms with Gasteiger partial charge in [0.25, 0.3) is 5.91 Å². The SMILES string of the molecule is Cl.N[C@@H]1CCN(C(=O)CNC(=O)c2ccc(Cl)c(Cl)c2)C1. The summed E-state index contributed by atoms with van der Waals surface area (Å²) in [6.07, 6.45) is 0.798. The van der Waals surface area contributed by atoms with Crippen molar-refractivity contribution in [2.45, 2.75) is 12.5 Å². The van der Waals surface area contributed by atoms with Gasteiger partial charge < -0.3 is 16.0 Å². The normalized spacial score (nSPS) is 17.3. The number of hydrogen-bond acceptors (Lipinski definition) is 3. The molecule has 21 heavy (non-hydrogen) atoms. The summed E-state index contributed by atoms with van der Waals surface area (Å²) in [7, 11) is 0. The molecule has 8 heteroatoms. The van der Waals surface area contributed by atoms with Crippen molar-refractivity contribution in [3.63, 3.8) is 0 Å². The maximum atomic E-state index is 11.9. The van der Waals surface area contributed by atoms with Crippen LogP contribution in [0.5, 0.6) is 0 Å². The van der Waals surface area contributed by atoms with Crippen LogP contribution < -0.4 is 11.1 Å². The average molecular weight is 353 g/mol. The highest BCUT2D eigenvalue weighted by Gasteiger charge is 2.23. The van der Waals surface area contributed by atoms with Crippen molar-refractivity contribution < 1.29 is 9.59 Å². The Morgan fingerprint density at radius 1 is 1.33 bits per heavy atom. The van der Waals surface area contributed by atoms with Crippen molar-refractivity contribution in [3.8, 4) is 0 Å². The van der Waals surface area contributed by atoms with E-state index in [9.17, 15) is 9.59 Å². The number of rotatable bonds is 3. The first kappa shape index (κ1) is 18.0. The van der Waals surface area contributed by atoms with E-state index in [0.717, 1.165) is 6.42 Å². The Bertz CT molecular complexity index is 539. The zero-order valence-corrected chi connectivity index (χ0v) is 13.5. The van der Waals surface area contributed by atoms with Crippen LogP contribution in [-0.2, 0) is 4.79 Å². The summed E-state index contributed by atoms with van der Waals surface area (Å²) in [6, 6.07) is 4.60. The van der Waals surface area contributed by atoms with Gasteiger partial charge in [0.1, 0.15) is 0 Å². The lowest BCUT2D eigenvalue weighted by molar-refractivity contribution is -0.129. The third-order valence-electron chi connectivity index (χ3n) is 3.16. The monoisotopic (exact) mass is 351 g/mol. The largest absolute Gasteiger partial charge is 0.343 e. The second kappa shape index (κ2) is 7.84. The smallest absolute Gasteiger partial charge is 0.251 e. The number of nitrogens with one attached hydrogen (secondary N) is 1. The van der Waals surface area contributed by atoms with Crippen LogP contribution in [0, 0.1) is 0 Å². The maximum absolute atomic E-state index is 11.9. The van der Waals surface area contributed by atoms with E-state index in [4.69, 9.17) is 28.9 Å². The summed E-state index contributed by atoms with van der Waals surface area (Å²) in [5.41, 5.74) is 6.10. The number of carbonyl (C=O) groups is 2. The van der Waals surface area contributed by atoms with Gasteiger partial charge in [-0.15, -0.1) is 12.4 Å². The van der Waals surface area contributed by atoms with Gasteiger partial charge in [-0.25, -0.2) is 0 Å². The Hall–Kier alpha value is -1.01. The summed E-state index contributed by atoms with van der Waals surface area (Å²) < 4.78 is 0. The highest BCUT2D eigenvalue weighted by atomic mass is 35.5. The molecule has 1 aromatic rings. The minimum atomic E-state index is -0.361. The fourth-order valence-corrected chi connectivity index (χ4v) is 2.32. The van der Waals surface area contributed by atoms with Crippen LogP contribution in [-0.4, -0.2) is 42.4 Å². The number of benzene rings is 1. The van der Waals surface area contributed by atoms with Gasteiger partial charge in [0.2, 0.25) is 5.91 Å². The van der Waals surface area contributed by atoms with Gasteiger partial charge in [-0.2, -0.15) is 0 Å². The molecule has 0 unspecified atom stereocenters. The average Bonchev–Trinajstić information content (AvgIpc) is 2.85. The Morgan fingerprint density at radius 2 is 2.05 bits per heavy atom. The minimum Gasteiger partial charge on any atom is -0.343 e. The van der Waals surface area contributed by atoms with E-state index in [0.29, 0.717) is 28.7 Å². The van der Waals surface area contributed by atoms with Crippen molar-refractivity contribution in [3.05, 3.63) is 33.8 Å². The maximum Gasteiger partial charge on any atom is 0.251 e. The predicted molar refractivity (Wildman–Crippen MR) is 85.2 cm³/mol. The van der Waals surface area contributed by atoms with Crippen molar-refractivity contribution in [1.82, 2.24) is 10.2 Å². The Balaban J connectivity index is 0.00000220. The Kier molecular flexibility index (Phi) is 6.74. The molecule has 3 N–H and O–H groups in total. The molecule has 0 spiro atoms. The standard InChI is InChI=1S/C13H15Cl2N3O2.ClH/c14-10-2-1-8(5-11(10)15)13(20)17-6-12(19)18-4-3-9(16)7-18;/h1-2,5,9H,3-4,6-7,16H2,(H,17,20);1H/t9-;/m1./s1. The molecule has 1 atom stereocenters. The highest BCUT2D eigenvalue weighted by Crippen LogP contribution is 2.22. The van der Waals surface area contributed by atoms with Crippen LogP contribution in [0.25, 0.3) is 0 Å². The summed E-state index contributed by atoms with van der Waals surface area (Å²) in [5.74, 6) is -0.494. The first-order valence-electron chi connectivity index (χ1n) is 6.24. The third kappa shape index (κ3) is 4.74. The zero-order chi connectivity index (χ0) is 14.7. The lowest BCUT2D eigenvalue weighted by atomic mass is 10.2. The Labute approximate surface area is 139 Å². The number of amides is 2. The summed E-state index contributed by atoms with van der Waals surface area (Å²) in [4.78, 5) is 25.4. The molecule has 0 bridgehead atoms. The van der Waals surface area contributed by atoms with Crippen LogP contribution in [0.1, 0.15) is 16.8 Å². The zero-order valence-electron chi connectivity index (χ0n) is 11.1. The first-order chi connectivity index (χ1) is 9.47. The molecule has 116 valence electrons. The van der Waals surface area contributed by atoms with E-state index in [1.54, 1.807) is 17.0 Å². The quantitative estimate of drug-likeness (QED) is 0.869. The second-order valence-corrected chi connectivity index (χ2v) is 5.51. The first-order valence-corrected chi connectivity index (χ1v) is 6.99. The van der Waals surface area contributed by atoms with Crippen molar-refractivity contribution in [2.24, 2.45) is 5.73 Å². The molecule has 1 aliphatic heterocycles. The summed E-state index contributed by atoms with van der Waals surface area (Å²) in [5, 5.41) is 3.25. The van der Waals surface area contributed by atoms with E-state index in [2.05, 4.69) is 5.32 Å². The van der Waals surface area contributed by atoms with E-state index >= 15 is 0 Å². The summed E-state index contributed by atoms with van der Waals surface area (Å²) >= 11 is 11.6. The van der Waals surface area contributed by atoms with E-state index < -0.39 is 0 Å². The van der Waals surface area contributed by atoms with E-state index in [1.165, 1.54) is 6.07 Å². The molecule has 1 aliphatic rings. The third-order valence-corrected chi connectivity index (χ3v) is 3.90.